The quantitative estimate of drug-likeness (QED) is 0.883. The maximum absolute atomic E-state index is 6.26. The first-order valence-electron chi connectivity index (χ1n) is 6.63. The number of rotatable bonds is 2. The van der Waals surface area contributed by atoms with Gasteiger partial charge in [0.05, 0.1) is 7.11 Å². The largest absolute Gasteiger partial charge is 0.497 e. The number of hydrogen-bond donors (Lipinski definition) is 1. The first-order valence-corrected chi connectivity index (χ1v) is 7.39. The molecule has 0 saturated heterocycles. The third-order valence-electron chi connectivity index (χ3n) is 3.66. The highest BCUT2D eigenvalue weighted by Gasteiger charge is 2.28. The molecule has 2 atom stereocenters. The van der Waals surface area contributed by atoms with E-state index in [1.165, 1.54) is 0 Å². The average Bonchev–Trinajstić information content (AvgIpc) is 2.49. The van der Waals surface area contributed by atoms with Gasteiger partial charge in [0.15, 0.2) is 0 Å². The Morgan fingerprint density at radius 1 is 1.14 bits per heavy atom. The van der Waals surface area contributed by atoms with Crippen LogP contribution in [0.5, 0.6) is 11.5 Å². The van der Waals surface area contributed by atoms with Crippen LogP contribution in [-0.4, -0.2) is 7.11 Å². The van der Waals surface area contributed by atoms with Crippen LogP contribution in [-0.2, 0) is 0 Å². The van der Waals surface area contributed by atoms with Gasteiger partial charge in [0.1, 0.15) is 17.6 Å². The fraction of sp³-hybridized carbons (Fsp3) is 0.250. The highest BCUT2D eigenvalue weighted by atomic mass is 35.5. The van der Waals surface area contributed by atoms with Crippen LogP contribution in [0.25, 0.3) is 0 Å². The van der Waals surface area contributed by atoms with Crippen LogP contribution in [0.2, 0.25) is 10.0 Å². The van der Waals surface area contributed by atoms with E-state index in [1.807, 2.05) is 24.3 Å². The lowest BCUT2D eigenvalue weighted by atomic mass is 9.93. The van der Waals surface area contributed by atoms with E-state index in [9.17, 15) is 0 Å². The zero-order valence-corrected chi connectivity index (χ0v) is 13.0. The third kappa shape index (κ3) is 2.82. The predicted molar refractivity (Wildman–Crippen MR) is 84.4 cm³/mol. The van der Waals surface area contributed by atoms with Crippen molar-refractivity contribution in [2.45, 2.75) is 18.6 Å². The summed E-state index contributed by atoms with van der Waals surface area (Å²) in [5.74, 6) is 1.47. The Kier molecular flexibility index (Phi) is 3.98. The molecular formula is C16H15Cl2NO2. The molecule has 3 nitrogen and oxygen atoms in total. The molecule has 5 heteroatoms. The first kappa shape index (κ1) is 14.5. The van der Waals surface area contributed by atoms with Crippen molar-refractivity contribution in [3.63, 3.8) is 0 Å². The average molecular weight is 324 g/mol. The van der Waals surface area contributed by atoms with Crippen molar-refractivity contribution in [1.82, 2.24) is 0 Å². The molecule has 0 saturated carbocycles. The molecule has 1 aliphatic heterocycles. The molecule has 2 aromatic carbocycles. The summed E-state index contributed by atoms with van der Waals surface area (Å²) in [4.78, 5) is 0. The van der Waals surface area contributed by atoms with Crippen molar-refractivity contribution < 1.29 is 9.47 Å². The molecule has 2 aromatic rings. The van der Waals surface area contributed by atoms with Gasteiger partial charge < -0.3 is 15.2 Å². The van der Waals surface area contributed by atoms with Crippen molar-refractivity contribution in [3.8, 4) is 11.5 Å². The number of benzene rings is 2. The van der Waals surface area contributed by atoms with Crippen LogP contribution < -0.4 is 15.2 Å². The van der Waals surface area contributed by atoms with Gasteiger partial charge in [-0.15, -0.1) is 0 Å². The fourth-order valence-corrected chi connectivity index (χ4v) is 2.98. The third-order valence-corrected chi connectivity index (χ3v) is 4.24. The molecule has 0 spiro atoms. The minimum atomic E-state index is -0.217. The van der Waals surface area contributed by atoms with Gasteiger partial charge in [0, 0.05) is 39.7 Å². The highest BCUT2D eigenvalue weighted by Crippen LogP contribution is 2.43. The highest BCUT2D eigenvalue weighted by molar-refractivity contribution is 6.33. The smallest absolute Gasteiger partial charge is 0.128 e. The Hall–Kier alpha value is -1.42. The fourth-order valence-electron chi connectivity index (χ4n) is 2.56. The van der Waals surface area contributed by atoms with Gasteiger partial charge in [0.2, 0.25) is 0 Å². The molecule has 0 bridgehead atoms. The van der Waals surface area contributed by atoms with E-state index in [0.29, 0.717) is 16.5 Å². The van der Waals surface area contributed by atoms with Crippen molar-refractivity contribution in [3.05, 3.63) is 57.6 Å². The number of hydrogen-bond acceptors (Lipinski definition) is 3. The summed E-state index contributed by atoms with van der Waals surface area (Å²) in [5.41, 5.74) is 8.09. The Labute approximate surface area is 133 Å². The van der Waals surface area contributed by atoms with Gasteiger partial charge in [-0.25, -0.2) is 0 Å². The monoisotopic (exact) mass is 323 g/mol. The predicted octanol–water partition coefficient (Wildman–Crippen LogP) is 4.53. The van der Waals surface area contributed by atoms with E-state index in [2.05, 4.69) is 0 Å². The summed E-state index contributed by atoms with van der Waals surface area (Å²) in [6.45, 7) is 0. The molecule has 0 aromatic heterocycles. The molecule has 1 heterocycles. The van der Waals surface area contributed by atoms with Crippen molar-refractivity contribution in [2.75, 3.05) is 7.11 Å². The SMILES string of the molecule is COc1ccc2c(c1)OC(c1cc(Cl)ccc1Cl)C[C@@H]2N. The maximum atomic E-state index is 6.26. The Bertz CT molecular complexity index is 675. The summed E-state index contributed by atoms with van der Waals surface area (Å²) in [6.07, 6.45) is 0.435. The van der Waals surface area contributed by atoms with E-state index in [4.69, 9.17) is 38.4 Å². The lowest BCUT2D eigenvalue weighted by molar-refractivity contribution is 0.161. The normalized spacial score (nSPS) is 20.6. The van der Waals surface area contributed by atoms with Crippen LogP contribution >= 0.6 is 23.2 Å². The minimum Gasteiger partial charge on any atom is -0.497 e. The molecule has 1 aliphatic rings. The molecule has 0 amide bonds. The first-order chi connectivity index (χ1) is 10.1. The van der Waals surface area contributed by atoms with Gasteiger partial charge in [0.25, 0.3) is 0 Å². The topological polar surface area (TPSA) is 44.5 Å². The number of ether oxygens (including phenoxy) is 2. The molecular weight excluding hydrogens is 309 g/mol. The van der Waals surface area contributed by atoms with E-state index in [1.54, 1.807) is 19.2 Å². The number of halogens is 2. The summed E-state index contributed by atoms with van der Waals surface area (Å²) in [5, 5.41) is 1.26. The molecule has 21 heavy (non-hydrogen) atoms. The Morgan fingerprint density at radius 3 is 2.71 bits per heavy atom. The minimum absolute atomic E-state index is 0.111. The van der Waals surface area contributed by atoms with E-state index >= 15 is 0 Å². The van der Waals surface area contributed by atoms with Crippen LogP contribution in [0.4, 0.5) is 0 Å². The van der Waals surface area contributed by atoms with E-state index in [-0.39, 0.29) is 12.1 Å². The number of nitrogens with two attached hydrogens (primary N) is 1. The zero-order valence-electron chi connectivity index (χ0n) is 11.5. The van der Waals surface area contributed by atoms with Crippen molar-refractivity contribution >= 4 is 23.2 Å². The molecule has 0 radical (unpaired) electrons. The van der Waals surface area contributed by atoms with Gasteiger partial charge in [-0.2, -0.15) is 0 Å². The van der Waals surface area contributed by atoms with Crippen LogP contribution in [0.15, 0.2) is 36.4 Å². The second-order valence-electron chi connectivity index (χ2n) is 5.02. The standard InChI is InChI=1S/C16H15Cl2NO2/c1-20-10-3-4-11-14(19)8-16(21-15(11)7-10)12-6-9(17)2-5-13(12)18/h2-7,14,16H,8,19H2,1H3/t14-,16?/m0/s1. The van der Waals surface area contributed by atoms with Crippen LogP contribution in [0.3, 0.4) is 0 Å². The molecule has 2 N–H and O–H groups in total. The van der Waals surface area contributed by atoms with Gasteiger partial charge in [-0.1, -0.05) is 29.3 Å². The Balaban J connectivity index is 1.98. The van der Waals surface area contributed by atoms with Crippen molar-refractivity contribution in [1.29, 1.82) is 0 Å². The number of methoxy groups -OCH3 is 1. The van der Waals surface area contributed by atoms with Gasteiger partial charge in [-0.05, 0) is 24.3 Å². The van der Waals surface area contributed by atoms with Crippen molar-refractivity contribution in [2.24, 2.45) is 5.73 Å². The molecule has 0 aliphatic carbocycles. The summed E-state index contributed by atoms with van der Waals surface area (Å²) < 4.78 is 11.3. The lowest BCUT2D eigenvalue weighted by Gasteiger charge is -2.31. The van der Waals surface area contributed by atoms with Gasteiger partial charge in [-0.3, -0.25) is 0 Å². The molecule has 110 valence electrons. The second kappa shape index (κ2) is 5.76. The summed E-state index contributed by atoms with van der Waals surface area (Å²) in [6, 6.07) is 10.9. The number of fused-ring (bicyclic) bond motifs is 1. The lowest BCUT2D eigenvalue weighted by Crippen LogP contribution is -2.24. The summed E-state index contributed by atoms with van der Waals surface area (Å²) in [7, 11) is 1.62. The van der Waals surface area contributed by atoms with Gasteiger partial charge >= 0.3 is 0 Å². The summed E-state index contributed by atoms with van der Waals surface area (Å²) >= 11 is 12.3. The van der Waals surface area contributed by atoms with E-state index in [0.717, 1.165) is 22.6 Å². The molecule has 1 unspecified atom stereocenters. The molecule has 3 rings (SSSR count). The zero-order chi connectivity index (χ0) is 15.0. The Morgan fingerprint density at radius 2 is 1.95 bits per heavy atom. The van der Waals surface area contributed by atoms with Crippen LogP contribution in [0.1, 0.15) is 29.7 Å². The maximum Gasteiger partial charge on any atom is 0.128 e. The van der Waals surface area contributed by atoms with E-state index < -0.39 is 0 Å². The molecule has 0 fully saturated rings. The van der Waals surface area contributed by atoms with Crippen LogP contribution in [0, 0.1) is 0 Å². The second-order valence-corrected chi connectivity index (χ2v) is 5.86.